The molecule has 0 aromatic heterocycles. The smallest absolute Gasteiger partial charge is 0.356 e. The largest absolute Gasteiger partial charge is 0.471 e. The van der Waals surface area contributed by atoms with Crippen molar-refractivity contribution in [2.45, 2.75) is 83.7 Å². The van der Waals surface area contributed by atoms with E-state index in [9.17, 15) is 32.8 Å². The van der Waals surface area contributed by atoms with Crippen LogP contribution in [0.2, 0.25) is 0 Å². The summed E-state index contributed by atoms with van der Waals surface area (Å²) in [5, 5.41) is 12.4. The van der Waals surface area contributed by atoms with E-state index in [2.05, 4.69) is 24.1 Å². The number of nitrogens with zero attached hydrogens (tertiary/aromatic N) is 3. The molecule has 3 heterocycles. The number of nitrogens with one attached hydrogen (secondary N) is 1. The third kappa shape index (κ3) is 4.36. The molecule has 0 aromatic carbocycles. The highest BCUT2D eigenvalue weighted by Gasteiger charge is 2.63. The summed E-state index contributed by atoms with van der Waals surface area (Å²) in [4.78, 5) is 40.7. The van der Waals surface area contributed by atoms with Gasteiger partial charge in [0.1, 0.15) is 6.04 Å². The first-order valence-corrected chi connectivity index (χ1v) is 11.0. The quantitative estimate of drug-likeness (QED) is 0.619. The molecule has 3 aliphatic heterocycles. The van der Waals surface area contributed by atoms with Crippen molar-refractivity contribution < 1.29 is 27.6 Å². The van der Waals surface area contributed by atoms with Crippen LogP contribution < -0.4 is 5.32 Å². The predicted octanol–water partition coefficient (Wildman–Crippen LogP) is 2.26. The molecule has 0 aromatic rings. The van der Waals surface area contributed by atoms with Crippen molar-refractivity contribution in [3.8, 4) is 6.07 Å². The zero-order valence-corrected chi connectivity index (χ0v) is 19.1. The lowest BCUT2D eigenvalue weighted by Gasteiger charge is -2.43. The van der Waals surface area contributed by atoms with E-state index in [1.807, 2.05) is 0 Å². The molecular weight excluding hydrogens is 425 g/mol. The molecule has 3 saturated heterocycles. The lowest BCUT2D eigenvalue weighted by atomic mass is 9.77. The summed E-state index contributed by atoms with van der Waals surface area (Å²) in [7, 11) is 0. The van der Waals surface area contributed by atoms with E-state index < -0.39 is 47.2 Å². The number of carbonyl (C=O) groups excluding carboxylic acids is 3. The van der Waals surface area contributed by atoms with Crippen LogP contribution in [0, 0.1) is 28.6 Å². The fourth-order valence-corrected chi connectivity index (χ4v) is 5.38. The molecule has 0 bridgehead atoms. The first-order valence-electron chi connectivity index (χ1n) is 11.0. The summed E-state index contributed by atoms with van der Waals surface area (Å²) < 4.78 is 40.9. The number of ketones is 1. The summed E-state index contributed by atoms with van der Waals surface area (Å²) >= 11 is 0. The highest BCUT2D eigenvalue weighted by Crippen LogP contribution is 2.51. The van der Waals surface area contributed by atoms with Crippen LogP contribution in [0.1, 0.15) is 53.9 Å². The maximum Gasteiger partial charge on any atom is 0.471 e. The Labute approximate surface area is 186 Å². The first kappa shape index (κ1) is 24.5. The number of rotatable bonds is 6. The zero-order chi connectivity index (χ0) is 24.2. The van der Waals surface area contributed by atoms with E-state index in [0.717, 1.165) is 0 Å². The highest BCUT2D eigenvalue weighted by atomic mass is 19.4. The number of Topliss-reactive ketones (excluding diaryl/α,β-unsaturated/α-hetero) is 1. The number of nitriles is 1. The van der Waals surface area contributed by atoms with Gasteiger partial charge in [-0.15, -0.1) is 0 Å². The average Bonchev–Trinajstić information content (AvgIpc) is 3.08. The third-order valence-electron chi connectivity index (χ3n) is 7.19. The minimum absolute atomic E-state index is 0.0273. The Morgan fingerprint density at radius 1 is 1.31 bits per heavy atom. The van der Waals surface area contributed by atoms with Gasteiger partial charge in [-0.3, -0.25) is 19.3 Å². The first-order chi connectivity index (χ1) is 14.6. The molecule has 3 aliphatic rings. The molecule has 3 fully saturated rings. The molecule has 0 saturated carbocycles. The monoisotopic (exact) mass is 456 g/mol. The Morgan fingerprint density at radius 2 is 1.94 bits per heavy atom. The van der Waals surface area contributed by atoms with E-state index in [1.54, 1.807) is 26.8 Å². The minimum atomic E-state index is -5.25. The summed E-state index contributed by atoms with van der Waals surface area (Å²) in [5.74, 6) is -4.19. The van der Waals surface area contributed by atoms with Gasteiger partial charge in [0.2, 0.25) is 5.91 Å². The molecular formula is C22H31F3N4O3. The second-order valence-electron chi connectivity index (χ2n) is 10.8. The number of piperidine rings is 1. The molecule has 32 heavy (non-hydrogen) atoms. The number of alkyl halides is 3. The normalized spacial score (nSPS) is 30.7. The van der Waals surface area contributed by atoms with Crippen LogP contribution >= 0.6 is 0 Å². The molecule has 2 unspecified atom stereocenters. The van der Waals surface area contributed by atoms with Crippen molar-refractivity contribution in [1.82, 2.24) is 15.1 Å². The van der Waals surface area contributed by atoms with Crippen molar-refractivity contribution in [3.63, 3.8) is 0 Å². The van der Waals surface area contributed by atoms with Crippen molar-refractivity contribution in [3.05, 3.63) is 0 Å². The lowest BCUT2D eigenvalue weighted by molar-refractivity contribution is -0.193. The molecule has 6 atom stereocenters. The molecule has 10 heteroatoms. The Balaban J connectivity index is 1.95. The number of halogens is 3. The maximum atomic E-state index is 13.6. The lowest BCUT2D eigenvalue weighted by Crippen LogP contribution is -2.60. The SMILES string of the molecule is CC(C)(C)[C@@H](C(=O)C1C[C@@H]2N(C1)C2(C)C)N(C(=O)C(F)(F)F)[C@H](C#N)C[C@@H]1CCNC1=O. The molecule has 2 amide bonds. The van der Waals surface area contributed by atoms with Crippen LogP contribution in [0.15, 0.2) is 0 Å². The fraction of sp³-hybridized carbons (Fsp3) is 0.818. The second kappa shape index (κ2) is 8.01. The van der Waals surface area contributed by atoms with Gasteiger partial charge in [-0.05, 0) is 38.5 Å². The van der Waals surface area contributed by atoms with Crippen molar-refractivity contribution >= 4 is 17.6 Å². The van der Waals surface area contributed by atoms with Crippen molar-refractivity contribution in [2.75, 3.05) is 13.1 Å². The van der Waals surface area contributed by atoms with Crippen LogP contribution in [0.4, 0.5) is 13.2 Å². The molecule has 1 N–H and O–H groups in total. The minimum Gasteiger partial charge on any atom is -0.356 e. The van der Waals surface area contributed by atoms with Gasteiger partial charge in [-0.25, -0.2) is 0 Å². The summed E-state index contributed by atoms with van der Waals surface area (Å²) in [6.07, 6.45) is -4.60. The van der Waals surface area contributed by atoms with Gasteiger partial charge in [0.15, 0.2) is 5.78 Å². The topological polar surface area (TPSA) is 93.3 Å². The van der Waals surface area contributed by atoms with E-state index in [4.69, 9.17) is 0 Å². The van der Waals surface area contributed by atoms with E-state index in [0.29, 0.717) is 30.8 Å². The predicted molar refractivity (Wildman–Crippen MR) is 109 cm³/mol. The molecule has 0 radical (unpaired) electrons. The summed E-state index contributed by atoms with van der Waals surface area (Å²) in [5.41, 5.74) is -1.07. The Hall–Kier alpha value is -2.15. The number of hydrogen-bond donors (Lipinski definition) is 1. The van der Waals surface area contributed by atoms with Crippen molar-refractivity contribution in [1.29, 1.82) is 5.26 Å². The van der Waals surface area contributed by atoms with Gasteiger partial charge in [0.25, 0.3) is 0 Å². The van der Waals surface area contributed by atoms with E-state index in [1.165, 1.54) is 0 Å². The van der Waals surface area contributed by atoms with Crippen LogP contribution in [0.5, 0.6) is 0 Å². The van der Waals surface area contributed by atoms with Gasteiger partial charge in [0, 0.05) is 36.5 Å². The van der Waals surface area contributed by atoms with Crippen LogP contribution in [-0.2, 0) is 14.4 Å². The number of carbonyl (C=O) groups is 3. The third-order valence-corrected chi connectivity index (χ3v) is 7.19. The Bertz CT molecular complexity index is 829. The van der Waals surface area contributed by atoms with Gasteiger partial charge < -0.3 is 10.2 Å². The van der Waals surface area contributed by atoms with E-state index in [-0.39, 0.29) is 23.9 Å². The van der Waals surface area contributed by atoms with Crippen LogP contribution in [0.25, 0.3) is 0 Å². The number of amides is 2. The Kier molecular flexibility index (Phi) is 6.13. The van der Waals surface area contributed by atoms with Gasteiger partial charge in [-0.1, -0.05) is 20.8 Å². The zero-order valence-electron chi connectivity index (χ0n) is 19.1. The average molecular weight is 457 g/mol. The second-order valence-corrected chi connectivity index (χ2v) is 10.8. The van der Waals surface area contributed by atoms with Gasteiger partial charge in [-0.2, -0.15) is 18.4 Å². The van der Waals surface area contributed by atoms with Crippen molar-refractivity contribution in [2.24, 2.45) is 17.3 Å². The summed E-state index contributed by atoms with van der Waals surface area (Å²) in [6, 6.07) is -0.989. The fourth-order valence-electron chi connectivity index (χ4n) is 5.38. The molecule has 3 rings (SSSR count). The molecule has 0 aliphatic carbocycles. The molecule has 7 nitrogen and oxygen atoms in total. The summed E-state index contributed by atoms with van der Waals surface area (Å²) in [6.45, 7) is 9.70. The number of hydrogen-bond acceptors (Lipinski definition) is 5. The standard InChI is InChI=1S/C22H31F3N4O3/c1-20(2,3)17(16(30)13-9-15-21(4,5)28(15)11-13)29(19(32)22(23,24)25)14(10-26)8-12-6-7-27-18(12)31/h12-15,17H,6-9,11H2,1-5H3,(H,27,31)/t12-,13?,14-,15-,17+,28?/m0/s1. The molecule has 178 valence electrons. The van der Waals surface area contributed by atoms with E-state index >= 15 is 0 Å². The highest BCUT2D eigenvalue weighted by molar-refractivity contribution is 5.94. The Morgan fingerprint density at radius 3 is 2.34 bits per heavy atom. The van der Waals surface area contributed by atoms with Gasteiger partial charge >= 0.3 is 12.1 Å². The number of fused-ring (bicyclic) bond motifs is 1. The van der Waals surface area contributed by atoms with Crippen LogP contribution in [-0.4, -0.2) is 70.3 Å². The van der Waals surface area contributed by atoms with Gasteiger partial charge in [0.05, 0.1) is 12.1 Å². The van der Waals surface area contributed by atoms with Crippen LogP contribution in [0.3, 0.4) is 0 Å². The molecule has 0 spiro atoms. The maximum absolute atomic E-state index is 13.6.